The van der Waals surface area contributed by atoms with Crippen LogP contribution in [0.15, 0.2) is 64.9 Å². The topological polar surface area (TPSA) is 106 Å². The van der Waals surface area contributed by atoms with Crippen LogP contribution in [0, 0.1) is 0 Å². The fourth-order valence-electron chi connectivity index (χ4n) is 4.08. The zero-order valence-corrected chi connectivity index (χ0v) is 21.6. The lowest BCUT2D eigenvalue weighted by atomic mass is 9.99. The van der Waals surface area contributed by atoms with E-state index in [1.54, 1.807) is 44.8 Å². The first kappa shape index (κ1) is 26.1. The van der Waals surface area contributed by atoms with Gasteiger partial charge in [-0.15, -0.1) is 5.10 Å². The minimum Gasteiger partial charge on any atom is -0.376 e. The van der Waals surface area contributed by atoms with E-state index in [9.17, 15) is 4.21 Å². The van der Waals surface area contributed by atoms with Crippen molar-refractivity contribution in [2.75, 3.05) is 27.6 Å². The van der Waals surface area contributed by atoms with Gasteiger partial charge >= 0.3 is 0 Å². The van der Waals surface area contributed by atoms with Gasteiger partial charge in [0, 0.05) is 48.8 Å². The van der Waals surface area contributed by atoms with Crippen molar-refractivity contribution in [1.82, 2.24) is 14.8 Å². The molecule has 1 aromatic heterocycles. The van der Waals surface area contributed by atoms with Crippen LogP contribution in [0.1, 0.15) is 12.5 Å². The average Bonchev–Trinajstić information content (AvgIpc) is 3.39. The van der Waals surface area contributed by atoms with Crippen molar-refractivity contribution in [2.45, 2.75) is 42.5 Å². The highest BCUT2D eigenvalue weighted by molar-refractivity contribution is 7.84. The van der Waals surface area contributed by atoms with Gasteiger partial charge in [-0.3, -0.25) is 4.21 Å². The van der Waals surface area contributed by atoms with Crippen LogP contribution in [-0.4, -0.2) is 83.5 Å². The van der Waals surface area contributed by atoms with E-state index in [0.717, 1.165) is 21.7 Å². The Kier molecular flexibility index (Phi) is 8.60. The zero-order valence-electron chi connectivity index (χ0n) is 20.8. The summed E-state index contributed by atoms with van der Waals surface area (Å²) in [6.07, 6.45) is 2.76. The molecule has 0 aliphatic carbocycles. The highest BCUT2D eigenvalue weighted by Crippen LogP contribution is 2.27. The fraction of sp³-hybridized carbons (Fsp3) is 0.400. The van der Waals surface area contributed by atoms with Gasteiger partial charge in [0.15, 0.2) is 11.9 Å². The lowest BCUT2D eigenvalue weighted by molar-refractivity contribution is -0.305. The molecule has 2 aromatic carbocycles. The predicted octanol–water partition coefficient (Wildman–Crippen LogP) is 2.81. The molecule has 1 aliphatic heterocycles. The summed E-state index contributed by atoms with van der Waals surface area (Å²) in [7, 11) is 3.76. The molecule has 0 N–H and O–H groups in total. The molecule has 1 saturated heterocycles. The molecule has 0 radical (unpaired) electrons. The van der Waals surface area contributed by atoms with Gasteiger partial charge in [0.2, 0.25) is 0 Å². The number of hydrogen-bond donors (Lipinski definition) is 0. The van der Waals surface area contributed by atoms with E-state index in [2.05, 4.69) is 15.2 Å². The van der Waals surface area contributed by atoms with E-state index in [1.165, 1.54) is 0 Å². The van der Waals surface area contributed by atoms with Crippen molar-refractivity contribution < 1.29 is 28.0 Å². The van der Waals surface area contributed by atoms with Crippen molar-refractivity contribution >= 4 is 17.0 Å². The van der Waals surface area contributed by atoms with Crippen molar-refractivity contribution in [3.8, 4) is 17.1 Å². The summed E-state index contributed by atoms with van der Waals surface area (Å²) in [6.45, 7) is 1.89. The van der Waals surface area contributed by atoms with E-state index >= 15 is 0 Å². The van der Waals surface area contributed by atoms with Crippen LogP contribution >= 0.6 is 0 Å². The van der Waals surface area contributed by atoms with Crippen molar-refractivity contribution in [3.63, 3.8) is 0 Å². The number of oxime groups is 1. The Balaban J connectivity index is 1.40. The van der Waals surface area contributed by atoms with E-state index < -0.39 is 23.2 Å². The number of hydrogen-bond acceptors (Lipinski definition) is 9. The molecule has 0 bridgehead atoms. The highest BCUT2D eigenvalue weighted by Gasteiger charge is 2.46. The second-order valence-electron chi connectivity index (χ2n) is 8.23. The van der Waals surface area contributed by atoms with Crippen LogP contribution in [0.3, 0.4) is 0 Å². The maximum atomic E-state index is 11.6. The standard InChI is InChI=1S/C25H30N4O6S/c1-16-21(31-2)22(32-3)23(33-4)25(34-16)35-27-14-17-6-8-18(9-7-17)24-26-15-29(28-24)19-10-12-20(13-11-19)36(5)30/h6-16,21-23,25H,1-5H3/b27-14+/t16-,21-,22+,23+,25-,36?/m0/s1. The molecule has 10 nitrogen and oxygen atoms in total. The van der Waals surface area contributed by atoms with E-state index in [-0.39, 0.29) is 18.3 Å². The molecule has 0 amide bonds. The van der Waals surface area contributed by atoms with E-state index in [4.69, 9.17) is 23.8 Å². The van der Waals surface area contributed by atoms with Gasteiger partial charge in [0.25, 0.3) is 6.29 Å². The summed E-state index contributed by atoms with van der Waals surface area (Å²) in [5.74, 6) is 0.587. The Morgan fingerprint density at radius 1 is 0.972 bits per heavy atom. The second kappa shape index (κ2) is 11.8. The Labute approximate surface area is 212 Å². The van der Waals surface area contributed by atoms with E-state index in [0.29, 0.717) is 5.82 Å². The van der Waals surface area contributed by atoms with Crippen LogP contribution < -0.4 is 0 Å². The maximum absolute atomic E-state index is 11.6. The zero-order chi connectivity index (χ0) is 25.7. The minimum atomic E-state index is -1.02. The van der Waals surface area contributed by atoms with Crippen molar-refractivity contribution in [1.29, 1.82) is 0 Å². The molecule has 11 heteroatoms. The molecule has 0 saturated carbocycles. The predicted molar refractivity (Wildman–Crippen MR) is 135 cm³/mol. The molecule has 36 heavy (non-hydrogen) atoms. The van der Waals surface area contributed by atoms with Gasteiger partial charge in [-0.2, -0.15) is 0 Å². The van der Waals surface area contributed by atoms with Crippen LogP contribution in [0.5, 0.6) is 0 Å². The van der Waals surface area contributed by atoms with Gasteiger partial charge in [0.1, 0.15) is 18.5 Å². The van der Waals surface area contributed by atoms with Crippen molar-refractivity contribution in [2.24, 2.45) is 5.16 Å². The summed E-state index contributed by atoms with van der Waals surface area (Å²) < 4.78 is 35.8. The van der Waals surface area contributed by atoms with Crippen LogP contribution in [0.25, 0.3) is 17.1 Å². The molecule has 1 aliphatic rings. The van der Waals surface area contributed by atoms with Gasteiger partial charge < -0.3 is 23.8 Å². The summed E-state index contributed by atoms with van der Waals surface area (Å²) in [6, 6.07) is 15.0. The van der Waals surface area contributed by atoms with Gasteiger partial charge in [0.05, 0.1) is 18.0 Å². The number of aromatic nitrogens is 3. The number of ether oxygens (including phenoxy) is 4. The Morgan fingerprint density at radius 3 is 2.25 bits per heavy atom. The molecular formula is C25H30N4O6S. The number of benzene rings is 2. The highest BCUT2D eigenvalue weighted by atomic mass is 32.2. The van der Waals surface area contributed by atoms with Crippen LogP contribution in [0.4, 0.5) is 0 Å². The second-order valence-corrected chi connectivity index (χ2v) is 9.61. The smallest absolute Gasteiger partial charge is 0.256 e. The van der Waals surface area contributed by atoms with E-state index in [1.807, 2.05) is 55.5 Å². The largest absolute Gasteiger partial charge is 0.376 e. The third kappa shape index (κ3) is 5.71. The maximum Gasteiger partial charge on any atom is 0.256 e. The van der Waals surface area contributed by atoms with Gasteiger partial charge in [-0.1, -0.05) is 29.4 Å². The lowest BCUT2D eigenvalue weighted by Gasteiger charge is -2.42. The summed E-state index contributed by atoms with van der Waals surface area (Å²) in [5, 5.41) is 8.65. The molecule has 2 heterocycles. The molecule has 6 atom stereocenters. The Hall–Kier alpha value is -2.96. The number of methoxy groups -OCH3 is 3. The Bertz CT molecular complexity index is 1180. The third-order valence-corrected chi connectivity index (χ3v) is 6.94. The van der Waals surface area contributed by atoms with Crippen molar-refractivity contribution in [3.05, 3.63) is 60.4 Å². The SMILES string of the molecule is CO[C@@H]1[C@@H](OC)[C@H](C)O[C@@H](O/N=C/c2ccc(-c3ncn(-c4ccc(S(C)=O)cc4)n3)cc2)[C@@H]1OC. The first-order chi connectivity index (χ1) is 17.4. The van der Waals surface area contributed by atoms with Gasteiger partial charge in [-0.05, 0) is 36.8 Å². The quantitative estimate of drug-likeness (QED) is 0.317. The van der Waals surface area contributed by atoms with Crippen LogP contribution in [-0.2, 0) is 34.6 Å². The fourth-order valence-corrected chi connectivity index (χ4v) is 4.60. The number of rotatable bonds is 9. The number of nitrogens with zero attached hydrogens (tertiary/aromatic N) is 4. The summed E-state index contributed by atoms with van der Waals surface area (Å²) >= 11 is 0. The molecule has 192 valence electrons. The molecule has 3 aromatic rings. The molecule has 1 fully saturated rings. The first-order valence-electron chi connectivity index (χ1n) is 11.3. The molecule has 0 spiro atoms. The molecule has 4 rings (SSSR count). The third-order valence-electron chi connectivity index (χ3n) is 6.00. The lowest BCUT2D eigenvalue weighted by Crippen LogP contribution is -2.59. The average molecular weight is 515 g/mol. The first-order valence-corrected chi connectivity index (χ1v) is 12.9. The summed E-state index contributed by atoms with van der Waals surface area (Å²) in [5.41, 5.74) is 2.53. The summed E-state index contributed by atoms with van der Waals surface area (Å²) in [4.78, 5) is 10.8. The minimum absolute atomic E-state index is 0.258. The molecular weight excluding hydrogens is 484 g/mol. The Morgan fingerprint density at radius 2 is 1.64 bits per heavy atom. The molecule has 1 unspecified atom stereocenters. The van der Waals surface area contributed by atoms with Crippen LogP contribution in [0.2, 0.25) is 0 Å². The van der Waals surface area contributed by atoms with Gasteiger partial charge in [-0.25, -0.2) is 9.67 Å². The monoisotopic (exact) mass is 514 g/mol. The normalized spacial score (nSPS) is 25.2.